The normalized spacial score (nSPS) is 10.2. The van der Waals surface area contributed by atoms with Gasteiger partial charge < -0.3 is 5.32 Å². The molecule has 1 aromatic heterocycles. The highest BCUT2D eigenvalue weighted by molar-refractivity contribution is 6.31. The Morgan fingerprint density at radius 2 is 2.18 bits per heavy atom. The molecule has 0 aliphatic heterocycles. The van der Waals surface area contributed by atoms with Crippen molar-refractivity contribution in [2.75, 3.05) is 11.9 Å². The summed E-state index contributed by atoms with van der Waals surface area (Å²) in [5, 5.41) is 4.15. The lowest BCUT2D eigenvalue weighted by Crippen LogP contribution is -2.04. The molecular formula is C14H15ClN2. The number of halogens is 1. The monoisotopic (exact) mass is 246 g/mol. The van der Waals surface area contributed by atoms with Gasteiger partial charge in [-0.15, -0.1) is 0 Å². The minimum Gasteiger partial charge on any atom is -0.385 e. The van der Waals surface area contributed by atoms with Crippen molar-refractivity contribution in [2.45, 2.75) is 13.3 Å². The zero-order valence-electron chi connectivity index (χ0n) is 9.78. The number of aryl methyl sites for hydroxylation is 1. The molecule has 0 aliphatic carbocycles. The first-order valence-electron chi connectivity index (χ1n) is 5.64. The highest BCUT2D eigenvalue weighted by Crippen LogP contribution is 2.19. The van der Waals surface area contributed by atoms with Crippen LogP contribution in [0.1, 0.15) is 11.1 Å². The van der Waals surface area contributed by atoms with Crippen LogP contribution < -0.4 is 5.32 Å². The summed E-state index contributed by atoms with van der Waals surface area (Å²) < 4.78 is 0. The third-order valence-electron chi connectivity index (χ3n) is 2.64. The molecular weight excluding hydrogens is 232 g/mol. The molecule has 1 N–H and O–H groups in total. The molecule has 2 rings (SSSR count). The van der Waals surface area contributed by atoms with E-state index >= 15 is 0 Å². The molecule has 0 spiro atoms. The second-order valence-corrected chi connectivity index (χ2v) is 4.41. The van der Waals surface area contributed by atoms with E-state index in [0.717, 1.165) is 29.2 Å². The van der Waals surface area contributed by atoms with Crippen LogP contribution >= 0.6 is 11.6 Å². The molecule has 0 saturated heterocycles. The van der Waals surface area contributed by atoms with E-state index in [0.29, 0.717) is 0 Å². The molecule has 2 aromatic rings. The largest absolute Gasteiger partial charge is 0.385 e. The van der Waals surface area contributed by atoms with Crippen molar-refractivity contribution in [3.05, 3.63) is 58.9 Å². The Labute approximate surface area is 107 Å². The van der Waals surface area contributed by atoms with E-state index < -0.39 is 0 Å². The lowest BCUT2D eigenvalue weighted by Gasteiger charge is -2.07. The summed E-state index contributed by atoms with van der Waals surface area (Å²) in [6.07, 6.45) is 4.64. The van der Waals surface area contributed by atoms with Crippen LogP contribution in [0.4, 0.5) is 5.69 Å². The number of benzene rings is 1. The molecule has 88 valence electrons. The lowest BCUT2D eigenvalue weighted by atomic mass is 10.2. The second-order valence-electron chi connectivity index (χ2n) is 4.00. The summed E-state index contributed by atoms with van der Waals surface area (Å²) in [6.45, 7) is 2.88. The van der Waals surface area contributed by atoms with Gasteiger partial charge in [0.2, 0.25) is 0 Å². The van der Waals surface area contributed by atoms with Crippen molar-refractivity contribution in [3.8, 4) is 0 Å². The first-order valence-corrected chi connectivity index (χ1v) is 6.02. The molecule has 1 aromatic carbocycles. The van der Waals surface area contributed by atoms with Gasteiger partial charge in [0.15, 0.2) is 0 Å². The maximum atomic E-state index is 6.06. The molecule has 17 heavy (non-hydrogen) atoms. The van der Waals surface area contributed by atoms with Gasteiger partial charge in [0.05, 0.1) is 0 Å². The second kappa shape index (κ2) is 5.69. The average Bonchev–Trinajstić information content (AvgIpc) is 2.35. The molecule has 0 aliphatic rings. The molecule has 2 nitrogen and oxygen atoms in total. The van der Waals surface area contributed by atoms with E-state index in [1.807, 2.05) is 37.4 Å². The molecule has 0 amide bonds. The third kappa shape index (κ3) is 3.46. The van der Waals surface area contributed by atoms with Gasteiger partial charge >= 0.3 is 0 Å². The Morgan fingerprint density at radius 1 is 1.29 bits per heavy atom. The minimum absolute atomic E-state index is 0.802. The van der Waals surface area contributed by atoms with Crippen LogP contribution in [-0.2, 0) is 6.42 Å². The van der Waals surface area contributed by atoms with Crippen molar-refractivity contribution >= 4 is 17.3 Å². The molecule has 0 unspecified atom stereocenters. The number of hydrogen-bond donors (Lipinski definition) is 1. The van der Waals surface area contributed by atoms with Crippen LogP contribution in [0, 0.1) is 6.92 Å². The van der Waals surface area contributed by atoms with Gasteiger partial charge in [-0.2, -0.15) is 0 Å². The maximum Gasteiger partial charge on any atom is 0.0455 e. The summed E-state index contributed by atoms with van der Waals surface area (Å²) in [4.78, 5) is 4.09. The van der Waals surface area contributed by atoms with E-state index in [2.05, 4.69) is 16.4 Å². The van der Waals surface area contributed by atoms with Crippen LogP contribution in [0.3, 0.4) is 0 Å². The van der Waals surface area contributed by atoms with Crippen LogP contribution in [-0.4, -0.2) is 11.5 Å². The average molecular weight is 247 g/mol. The number of nitrogens with one attached hydrogen (secondary N) is 1. The molecule has 0 radical (unpaired) electrons. The van der Waals surface area contributed by atoms with E-state index in [4.69, 9.17) is 11.6 Å². The fourth-order valence-corrected chi connectivity index (χ4v) is 1.78. The first kappa shape index (κ1) is 11.9. The van der Waals surface area contributed by atoms with Crippen LogP contribution in [0.25, 0.3) is 0 Å². The molecule has 3 heteroatoms. The Kier molecular flexibility index (Phi) is 3.99. The zero-order valence-corrected chi connectivity index (χ0v) is 10.5. The van der Waals surface area contributed by atoms with Crippen LogP contribution in [0.5, 0.6) is 0 Å². The Hall–Kier alpha value is -1.54. The Balaban J connectivity index is 1.88. The van der Waals surface area contributed by atoms with Crippen molar-refractivity contribution in [3.63, 3.8) is 0 Å². The first-order chi connectivity index (χ1) is 8.25. The minimum atomic E-state index is 0.802. The lowest BCUT2D eigenvalue weighted by molar-refractivity contribution is 1.00. The standard InChI is InChI=1S/C14H15ClN2/c1-11-4-5-13(9-14(11)15)17-8-6-12-3-2-7-16-10-12/h2-5,7,9-10,17H,6,8H2,1H3. The van der Waals surface area contributed by atoms with Crippen molar-refractivity contribution < 1.29 is 0 Å². The summed E-state index contributed by atoms with van der Waals surface area (Å²) in [6, 6.07) is 10.1. The SMILES string of the molecule is Cc1ccc(NCCc2cccnc2)cc1Cl. The Morgan fingerprint density at radius 3 is 2.88 bits per heavy atom. The highest BCUT2D eigenvalue weighted by atomic mass is 35.5. The number of nitrogens with zero attached hydrogens (tertiary/aromatic N) is 1. The topological polar surface area (TPSA) is 24.9 Å². The van der Waals surface area contributed by atoms with Gasteiger partial charge in [0.1, 0.15) is 0 Å². The fraction of sp³-hybridized carbons (Fsp3) is 0.214. The van der Waals surface area contributed by atoms with E-state index in [1.54, 1.807) is 6.20 Å². The third-order valence-corrected chi connectivity index (χ3v) is 3.04. The van der Waals surface area contributed by atoms with E-state index in [-0.39, 0.29) is 0 Å². The quantitative estimate of drug-likeness (QED) is 0.890. The number of hydrogen-bond acceptors (Lipinski definition) is 2. The summed E-state index contributed by atoms with van der Waals surface area (Å²) >= 11 is 6.06. The smallest absolute Gasteiger partial charge is 0.0455 e. The van der Waals surface area contributed by atoms with Crippen molar-refractivity contribution in [1.29, 1.82) is 0 Å². The highest BCUT2D eigenvalue weighted by Gasteiger charge is 1.97. The van der Waals surface area contributed by atoms with Crippen LogP contribution in [0.2, 0.25) is 5.02 Å². The molecule has 0 bridgehead atoms. The van der Waals surface area contributed by atoms with Gasteiger partial charge in [0.25, 0.3) is 0 Å². The number of aromatic nitrogens is 1. The van der Waals surface area contributed by atoms with Crippen molar-refractivity contribution in [1.82, 2.24) is 4.98 Å². The van der Waals surface area contributed by atoms with Crippen LogP contribution in [0.15, 0.2) is 42.7 Å². The predicted octanol–water partition coefficient (Wildman–Crippen LogP) is 3.70. The summed E-state index contributed by atoms with van der Waals surface area (Å²) in [7, 11) is 0. The van der Waals surface area contributed by atoms with Gasteiger partial charge in [-0.05, 0) is 42.7 Å². The molecule has 0 fully saturated rings. The predicted molar refractivity (Wildman–Crippen MR) is 72.6 cm³/mol. The van der Waals surface area contributed by atoms with Gasteiger partial charge in [0, 0.05) is 29.6 Å². The fourth-order valence-electron chi connectivity index (χ4n) is 1.60. The molecule has 0 saturated carbocycles. The van der Waals surface area contributed by atoms with Gasteiger partial charge in [-0.25, -0.2) is 0 Å². The summed E-state index contributed by atoms with van der Waals surface area (Å²) in [5.74, 6) is 0. The van der Waals surface area contributed by atoms with E-state index in [1.165, 1.54) is 5.56 Å². The molecule has 1 heterocycles. The number of rotatable bonds is 4. The Bertz CT molecular complexity index is 483. The number of pyridine rings is 1. The van der Waals surface area contributed by atoms with E-state index in [9.17, 15) is 0 Å². The zero-order chi connectivity index (χ0) is 12.1. The summed E-state index contributed by atoms with van der Waals surface area (Å²) in [5.41, 5.74) is 3.40. The maximum absolute atomic E-state index is 6.06. The van der Waals surface area contributed by atoms with Gasteiger partial charge in [-0.1, -0.05) is 23.7 Å². The number of anilines is 1. The molecule has 0 atom stereocenters. The van der Waals surface area contributed by atoms with Crippen molar-refractivity contribution in [2.24, 2.45) is 0 Å². The van der Waals surface area contributed by atoms with Gasteiger partial charge in [-0.3, -0.25) is 4.98 Å².